The van der Waals surface area contributed by atoms with Crippen LogP contribution in [0.15, 0.2) is 67.0 Å². The third-order valence-corrected chi connectivity index (χ3v) is 4.32. The molecule has 2 aromatic heterocycles. The van der Waals surface area contributed by atoms with Gasteiger partial charge in [-0.3, -0.25) is 4.79 Å². The number of fused-ring (bicyclic) bond motifs is 1. The molecule has 7 heteroatoms. The van der Waals surface area contributed by atoms with E-state index in [1.54, 1.807) is 53.5 Å². The quantitative estimate of drug-likeness (QED) is 0.596. The molecule has 28 heavy (non-hydrogen) atoms. The highest BCUT2D eigenvalue weighted by Crippen LogP contribution is 2.22. The normalized spacial score (nSPS) is 10.6. The van der Waals surface area contributed by atoms with Crippen LogP contribution in [-0.4, -0.2) is 20.7 Å². The lowest BCUT2D eigenvalue weighted by Gasteiger charge is -2.07. The molecule has 0 spiro atoms. The Morgan fingerprint density at radius 2 is 1.93 bits per heavy atom. The van der Waals surface area contributed by atoms with Crippen LogP contribution >= 0.6 is 0 Å². The van der Waals surface area contributed by atoms with Gasteiger partial charge in [0.1, 0.15) is 17.6 Å². The number of carbonyl (C=O) groups excluding carboxylic acids is 1. The highest BCUT2D eigenvalue weighted by molar-refractivity contribution is 6.06. The molecule has 0 aliphatic heterocycles. The van der Waals surface area contributed by atoms with Gasteiger partial charge in [-0.15, -0.1) is 0 Å². The van der Waals surface area contributed by atoms with Crippen LogP contribution in [0.1, 0.15) is 21.6 Å². The molecule has 2 aromatic carbocycles. The maximum atomic E-state index is 13.2. The number of pyridine rings is 1. The summed E-state index contributed by atoms with van der Waals surface area (Å²) in [7, 11) is 0. The smallest absolute Gasteiger partial charge is 0.252 e. The van der Waals surface area contributed by atoms with Crippen molar-refractivity contribution < 1.29 is 9.18 Å². The van der Waals surface area contributed by atoms with E-state index in [-0.39, 0.29) is 11.7 Å². The van der Waals surface area contributed by atoms with Crippen LogP contribution in [0.2, 0.25) is 0 Å². The molecule has 4 aromatic rings. The molecule has 4 rings (SSSR count). The molecule has 2 heterocycles. The van der Waals surface area contributed by atoms with Gasteiger partial charge in [-0.05, 0) is 48.0 Å². The summed E-state index contributed by atoms with van der Waals surface area (Å²) in [5.74, 6) is -0.564. The number of aromatic nitrogens is 3. The summed E-state index contributed by atoms with van der Waals surface area (Å²) < 4.78 is 14.8. The Hall–Kier alpha value is -4.05. The Morgan fingerprint density at radius 1 is 1.11 bits per heavy atom. The van der Waals surface area contributed by atoms with Crippen molar-refractivity contribution in [2.75, 3.05) is 0 Å². The summed E-state index contributed by atoms with van der Waals surface area (Å²) >= 11 is 0. The van der Waals surface area contributed by atoms with Crippen LogP contribution in [0.5, 0.6) is 0 Å². The molecule has 136 valence electrons. The summed E-state index contributed by atoms with van der Waals surface area (Å²) in [5, 5.41) is 16.7. The summed E-state index contributed by atoms with van der Waals surface area (Å²) in [6.07, 6.45) is 3.18. The van der Waals surface area contributed by atoms with E-state index in [9.17, 15) is 9.18 Å². The number of hydrogen-bond acceptors (Lipinski definition) is 4. The maximum absolute atomic E-state index is 13.2. The monoisotopic (exact) mass is 371 g/mol. The van der Waals surface area contributed by atoms with Gasteiger partial charge in [0.05, 0.1) is 23.0 Å². The number of benzene rings is 2. The Balaban J connectivity index is 1.59. The van der Waals surface area contributed by atoms with E-state index >= 15 is 0 Å². The molecular formula is C21H14FN5O. The van der Waals surface area contributed by atoms with Crippen molar-refractivity contribution in [2.45, 2.75) is 6.54 Å². The second kappa shape index (κ2) is 7.29. The van der Waals surface area contributed by atoms with Crippen LogP contribution in [0.25, 0.3) is 16.6 Å². The van der Waals surface area contributed by atoms with E-state index in [0.29, 0.717) is 28.9 Å². The van der Waals surface area contributed by atoms with Crippen molar-refractivity contribution in [3.63, 3.8) is 0 Å². The zero-order chi connectivity index (χ0) is 19.5. The molecule has 1 amide bonds. The van der Waals surface area contributed by atoms with Crippen LogP contribution < -0.4 is 5.32 Å². The minimum Gasteiger partial charge on any atom is -0.348 e. The lowest BCUT2D eigenvalue weighted by molar-refractivity contribution is 0.0952. The highest BCUT2D eigenvalue weighted by Gasteiger charge is 2.14. The second-order valence-corrected chi connectivity index (χ2v) is 6.12. The first-order chi connectivity index (χ1) is 13.7. The van der Waals surface area contributed by atoms with Crippen LogP contribution in [-0.2, 0) is 6.54 Å². The van der Waals surface area contributed by atoms with Gasteiger partial charge >= 0.3 is 0 Å². The predicted octanol–water partition coefficient (Wildman–Crippen LogP) is 3.36. The first-order valence-corrected chi connectivity index (χ1v) is 8.51. The summed E-state index contributed by atoms with van der Waals surface area (Å²) in [6.45, 7) is 0.292. The maximum Gasteiger partial charge on any atom is 0.252 e. The number of rotatable bonds is 4. The zero-order valence-electron chi connectivity index (χ0n) is 14.6. The van der Waals surface area contributed by atoms with E-state index < -0.39 is 0 Å². The Labute approximate surface area is 159 Å². The predicted molar refractivity (Wildman–Crippen MR) is 101 cm³/mol. The largest absolute Gasteiger partial charge is 0.348 e. The van der Waals surface area contributed by atoms with Gasteiger partial charge in [0.2, 0.25) is 0 Å². The molecular weight excluding hydrogens is 357 g/mol. The molecule has 0 atom stereocenters. The number of hydrogen-bond donors (Lipinski definition) is 1. The molecule has 0 aliphatic carbocycles. The Bertz CT molecular complexity index is 1190. The van der Waals surface area contributed by atoms with Crippen LogP contribution in [0.4, 0.5) is 4.39 Å². The van der Waals surface area contributed by atoms with Gasteiger partial charge < -0.3 is 5.32 Å². The summed E-state index contributed by atoms with van der Waals surface area (Å²) in [5.41, 5.74) is 3.07. The molecule has 0 saturated carbocycles. The van der Waals surface area contributed by atoms with Gasteiger partial charge in [-0.2, -0.15) is 10.4 Å². The molecule has 0 fully saturated rings. The molecule has 0 bridgehead atoms. The summed E-state index contributed by atoms with van der Waals surface area (Å²) in [4.78, 5) is 16.7. The number of amides is 1. The fourth-order valence-electron chi connectivity index (χ4n) is 2.91. The zero-order valence-corrected chi connectivity index (χ0v) is 14.6. The molecule has 6 nitrogen and oxygen atoms in total. The fourth-order valence-corrected chi connectivity index (χ4v) is 2.91. The molecule has 0 radical (unpaired) electrons. The number of nitrogens with one attached hydrogen (secondary N) is 1. The van der Waals surface area contributed by atoms with Gasteiger partial charge in [0.25, 0.3) is 5.91 Å². The third-order valence-electron chi connectivity index (χ3n) is 4.32. The minimum absolute atomic E-state index is 0.242. The standard InChI is InChI=1S/C21H14FN5O/c22-15-5-8-17(9-6-15)27-20-3-1-2-18(19(20)13-26-27)21(28)25-12-14-4-7-16(10-23)24-11-14/h1-9,11,13H,12H2,(H,25,28). The molecule has 0 saturated heterocycles. The Kier molecular flexibility index (Phi) is 4.52. The van der Waals surface area contributed by atoms with E-state index in [0.717, 1.165) is 11.1 Å². The fraction of sp³-hybridized carbons (Fsp3) is 0.0476. The SMILES string of the molecule is N#Cc1ccc(CNC(=O)c2cccc3c2cnn3-c2ccc(F)cc2)cn1. The highest BCUT2D eigenvalue weighted by atomic mass is 19.1. The second-order valence-electron chi connectivity index (χ2n) is 6.12. The average Bonchev–Trinajstić information content (AvgIpc) is 3.17. The van der Waals surface area contributed by atoms with Gasteiger partial charge in [0, 0.05) is 18.1 Å². The number of nitriles is 1. The number of nitrogens with zero attached hydrogens (tertiary/aromatic N) is 4. The van der Waals surface area contributed by atoms with E-state index in [1.807, 2.05) is 12.1 Å². The first kappa shape index (κ1) is 17.4. The van der Waals surface area contributed by atoms with Crippen molar-refractivity contribution >= 4 is 16.8 Å². The van der Waals surface area contributed by atoms with E-state index in [2.05, 4.69) is 15.4 Å². The van der Waals surface area contributed by atoms with Crippen molar-refractivity contribution in [1.82, 2.24) is 20.1 Å². The summed E-state index contributed by atoms with van der Waals surface area (Å²) in [6, 6.07) is 16.7. The molecule has 0 unspecified atom stereocenters. The molecule has 1 N–H and O–H groups in total. The van der Waals surface area contributed by atoms with Crippen LogP contribution in [0.3, 0.4) is 0 Å². The van der Waals surface area contributed by atoms with Crippen molar-refractivity contribution in [2.24, 2.45) is 0 Å². The minimum atomic E-state index is -0.322. The molecule has 0 aliphatic rings. The van der Waals surface area contributed by atoms with Crippen molar-refractivity contribution in [3.05, 3.63) is 89.6 Å². The van der Waals surface area contributed by atoms with E-state index in [4.69, 9.17) is 5.26 Å². The Morgan fingerprint density at radius 3 is 2.64 bits per heavy atom. The van der Waals surface area contributed by atoms with Crippen LogP contribution in [0, 0.1) is 17.1 Å². The lowest BCUT2D eigenvalue weighted by atomic mass is 10.1. The number of halogens is 1. The third kappa shape index (κ3) is 3.31. The van der Waals surface area contributed by atoms with Gasteiger partial charge in [-0.25, -0.2) is 14.1 Å². The van der Waals surface area contributed by atoms with Crippen molar-refractivity contribution in [1.29, 1.82) is 5.26 Å². The first-order valence-electron chi connectivity index (χ1n) is 8.51. The average molecular weight is 371 g/mol. The van der Waals surface area contributed by atoms with Crippen molar-refractivity contribution in [3.8, 4) is 11.8 Å². The number of carbonyl (C=O) groups is 1. The van der Waals surface area contributed by atoms with Gasteiger partial charge in [0.15, 0.2) is 0 Å². The topological polar surface area (TPSA) is 83.6 Å². The van der Waals surface area contributed by atoms with Gasteiger partial charge in [-0.1, -0.05) is 12.1 Å². The van der Waals surface area contributed by atoms with E-state index in [1.165, 1.54) is 12.1 Å². The lowest BCUT2D eigenvalue weighted by Crippen LogP contribution is -2.23.